The number of carbonyl (C=O) groups is 2. The van der Waals surface area contributed by atoms with Crippen molar-refractivity contribution in [2.75, 3.05) is 46.1 Å². The quantitative estimate of drug-likeness (QED) is 0.0571. The lowest BCUT2D eigenvalue weighted by atomic mass is 10.0. The van der Waals surface area contributed by atoms with E-state index in [-0.39, 0.29) is 25.1 Å². The van der Waals surface area contributed by atoms with Crippen molar-refractivity contribution in [2.24, 2.45) is 0 Å². The number of Topliss-reactive ketones (excluding diaryl/α,β-unsaturated/α-hetero) is 1. The van der Waals surface area contributed by atoms with E-state index in [1.807, 2.05) is 84.9 Å². The van der Waals surface area contributed by atoms with E-state index in [1.165, 1.54) is 7.11 Å². The summed E-state index contributed by atoms with van der Waals surface area (Å²) >= 11 is 0. The van der Waals surface area contributed by atoms with E-state index >= 15 is 0 Å². The Bertz CT molecular complexity index is 1750. The van der Waals surface area contributed by atoms with Gasteiger partial charge in [-0.25, -0.2) is 4.79 Å². The molecule has 0 unspecified atom stereocenters. The number of carbonyl (C=O) groups excluding carboxylic acids is 2. The number of rotatable bonds is 15. The van der Waals surface area contributed by atoms with Crippen LogP contribution in [0.25, 0.3) is 21.9 Å². The Morgan fingerprint density at radius 3 is 2.36 bits per heavy atom. The Kier molecular flexibility index (Phi) is 10.9. The third-order valence-corrected chi connectivity index (χ3v) is 7.25. The maximum Gasteiger partial charge on any atom is 0.339 e. The van der Waals surface area contributed by atoms with Crippen LogP contribution in [0.5, 0.6) is 5.75 Å². The fourth-order valence-electron chi connectivity index (χ4n) is 4.86. The predicted molar refractivity (Wildman–Crippen MR) is 176 cm³/mol. The summed E-state index contributed by atoms with van der Waals surface area (Å²) in [6.07, 6.45) is 0. The Labute approximate surface area is 262 Å². The first-order chi connectivity index (χ1) is 22.0. The highest BCUT2D eigenvalue weighted by atomic mass is 16.7. The summed E-state index contributed by atoms with van der Waals surface area (Å²) in [5.41, 5.74) is 5.88. The van der Waals surface area contributed by atoms with Crippen LogP contribution < -0.4 is 15.4 Å². The van der Waals surface area contributed by atoms with E-state index in [4.69, 9.17) is 18.9 Å². The summed E-state index contributed by atoms with van der Waals surface area (Å²) < 4.78 is 20.8. The number of fused-ring (bicyclic) bond motifs is 1. The predicted octanol–water partition coefficient (Wildman–Crippen LogP) is 7.01. The molecule has 230 valence electrons. The van der Waals surface area contributed by atoms with Crippen molar-refractivity contribution in [3.05, 3.63) is 126 Å². The molecule has 0 fully saturated rings. The van der Waals surface area contributed by atoms with Gasteiger partial charge in [0, 0.05) is 24.9 Å². The van der Waals surface area contributed by atoms with Crippen molar-refractivity contribution in [2.45, 2.75) is 6.54 Å². The molecular weight excluding hydrogens is 568 g/mol. The van der Waals surface area contributed by atoms with Gasteiger partial charge in [0.1, 0.15) is 5.75 Å². The molecule has 5 rings (SSSR count). The van der Waals surface area contributed by atoms with Crippen molar-refractivity contribution in [3.8, 4) is 16.9 Å². The lowest BCUT2D eigenvalue weighted by Gasteiger charge is -2.12. The molecule has 0 heterocycles. The van der Waals surface area contributed by atoms with E-state index < -0.39 is 0 Å². The number of para-hydroxylation sites is 1. The van der Waals surface area contributed by atoms with Gasteiger partial charge in [-0.05, 0) is 76.0 Å². The molecule has 0 bridgehead atoms. The summed E-state index contributed by atoms with van der Waals surface area (Å²) in [5, 5.41) is 8.54. The summed E-state index contributed by atoms with van der Waals surface area (Å²) in [4.78, 5) is 25.0. The maximum absolute atomic E-state index is 13.0. The number of hydrogen-bond acceptors (Lipinski definition) is 8. The largest absolute Gasteiger partial charge is 0.468 e. The van der Waals surface area contributed by atoms with Gasteiger partial charge in [-0.3, -0.25) is 4.79 Å². The number of benzene rings is 5. The Morgan fingerprint density at radius 1 is 0.733 bits per heavy atom. The average Bonchev–Trinajstić information content (AvgIpc) is 3.08. The Morgan fingerprint density at radius 2 is 1.53 bits per heavy atom. The van der Waals surface area contributed by atoms with E-state index in [2.05, 4.69) is 22.8 Å². The topological polar surface area (TPSA) is 95.1 Å². The molecule has 2 N–H and O–H groups in total. The van der Waals surface area contributed by atoms with Crippen molar-refractivity contribution in [1.29, 1.82) is 0 Å². The van der Waals surface area contributed by atoms with Gasteiger partial charge in [0.05, 0.1) is 38.1 Å². The molecular formula is C37H36N2O6. The highest BCUT2D eigenvalue weighted by Crippen LogP contribution is 2.26. The number of methoxy groups -OCH3 is 2. The van der Waals surface area contributed by atoms with Crippen LogP contribution in [0.4, 0.5) is 11.4 Å². The SMILES string of the molecule is COCCOCOc1ccc2cc(C(=O)CNCc3cccc(-c4ccc(Nc5ccccc5C(=O)OC)cc4)c3)ccc2c1. The molecule has 0 saturated carbocycles. The molecule has 8 nitrogen and oxygen atoms in total. The van der Waals surface area contributed by atoms with Crippen LogP contribution in [0.2, 0.25) is 0 Å². The Hall–Kier alpha value is -5.02. The van der Waals surface area contributed by atoms with Crippen LogP contribution in [-0.2, 0) is 20.8 Å². The van der Waals surface area contributed by atoms with E-state index in [9.17, 15) is 9.59 Å². The summed E-state index contributed by atoms with van der Waals surface area (Å²) in [5.74, 6) is 0.341. The monoisotopic (exact) mass is 604 g/mol. The van der Waals surface area contributed by atoms with Gasteiger partial charge in [-0.2, -0.15) is 0 Å². The van der Waals surface area contributed by atoms with Gasteiger partial charge < -0.3 is 29.6 Å². The minimum atomic E-state index is -0.389. The minimum absolute atomic E-state index is 0.0248. The highest BCUT2D eigenvalue weighted by molar-refractivity contribution is 6.01. The second-order valence-corrected chi connectivity index (χ2v) is 10.4. The number of nitrogens with one attached hydrogen (secondary N) is 2. The highest BCUT2D eigenvalue weighted by Gasteiger charge is 2.11. The second-order valence-electron chi connectivity index (χ2n) is 10.4. The first-order valence-corrected chi connectivity index (χ1v) is 14.6. The fraction of sp³-hybridized carbons (Fsp3) is 0.189. The zero-order valence-corrected chi connectivity index (χ0v) is 25.4. The number of hydrogen-bond donors (Lipinski definition) is 2. The molecule has 0 aromatic heterocycles. The van der Waals surface area contributed by atoms with Gasteiger partial charge in [0.2, 0.25) is 0 Å². The molecule has 0 aliphatic rings. The number of ether oxygens (including phenoxy) is 4. The zero-order chi connectivity index (χ0) is 31.4. The lowest BCUT2D eigenvalue weighted by molar-refractivity contribution is -0.00841. The Balaban J connectivity index is 1.14. The average molecular weight is 605 g/mol. The van der Waals surface area contributed by atoms with E-state index in [0.29, 0.717) is 42.3 Å². The first kappa shape index (κ1) is 31.4. The smallest absolute Gasteiger partial charge is 0.339 e. The van der Waals surface area contributed by atoms with Crippen LogP contribution in [-0.4, -0.2) is 52.5 Å². The minimum Gasteiger partial charge on any atom is -0.468 e. The number of ketones is 1. The number of esters is 1. The first-order valence-electron chi connectivity index (χ1n) is 14.6. The fourth-order valence-corrected chi connectivity index (χ4v) is 4.86. The van der Waals surface area contributed by atoms with Crippen LogP contribution in [0, 0.1) is 0 Å². The van der Waals surface area contributed by atoms with Crippen LogP contribution in [0.15, 0.2) is 109 Å². The molecule has 0 aliphatic heterocycles. The summed E-state index contributed by atoms with van der Waals surface area (Å²) in [7, 11) is 3.00. The van der Waals surface area contributed by atoms with Crippen molar-refractivity contribution >= 4 is 33.9 Å². The van der Waals surface area contributed by atoms with Crippen LogP contribution in [0.3, 0.4) is 0 Å². The molecule has 45 heavy (non-hydrogen) atoms. The summed E-state index contributed by atoms with van der Waals surface area (Å²) in [6, 6.07) is 34.9. The molecule has 5 aromatic rings. The van der Waals surface area contributed by atoms with Gasteiger partial charge in [-0.1, -0.05) is 60.7 Å². The second kappa shape index (κ2) is 15.6. The van der Waals surface area contributed by atoms with Crippen LogP contribution in [0.1, 0.15) is 26.3 Å². The van der Waals surface area contributed by atoms with Crippen molar-refractivity contribution in [3.63, 3.8) is 0 Å². The van der Waals surface area contributed by atoms with E-state index in [0.717, 1.165) is 33.2 Å². The molecule has 0 spiro atoms. The van der Waals surface area contributed by atoms with Crippen molar-refractivity contribution in [1.82, 2.24) is 5.32 Å². The molecule has 0 saturated heterocycles. The zero-order valence-electron chi connectivity index (χ0n) is 25.4. The van der Waals surface area contributed by atoms with Crippen molar-refractivity contribution < 1.29 is 28.5 Å². The van der Waals surface area contributed by atoms with Gasteiger partial charge in [0.25, 0.3) is 0 Å². The molecule has 5 aromatic carbocycles. The third kappa shape index (κ3) is 8.55. The normalized spacial score (nSPS) is 10.9. The molecule has 0 radical (unpaired) electrons. The molecule has 0 atom stereocenters. The summed E-state index contributed by atoms with van der Waals surface area (Å²) in [6.45, 7) is 1.93. The maximum atomic E-state index is 13.0. The molecule has 0 aliphatic carbocycles. The van der Waals surface area contributed by atoms with Gasteiger partial charge in [-0.15, -0.1) is 0 Å². The lowest BCUT2D eigenvalue weighted by Crippen LogP contribution is -2.22. The van der Waals surface area contributed by atoms with Gasteiger partial charge in [0.15, 0.2) is 12.6 Å². The van der Waals surface area contributed by atoms with Gasteiger partial charge >= 0.3 is 5.97 Å². The standard InChI is InChI=1S/C37H36N2O6/c1-42-18-19-44-25-45-33-17-14-29-21-31(11-10-30(29)22-33)36(40)24-38-23-26-6-5-7-28(20-26)27-12-15-32(16-13-27)39-35-9-4-3-8-34(35)37(41)43-2/h3-17,20-22,38-39H,18-19,23-25H2,1-2H3. The number of anilines is 2. The molecule has 0 amide bonds. The van der Waals surface area contributed by atoms with Crippen LogP contribution >= 0.6 is 0 Å². The van der Waals surface area contributed by atoms with E-state index in [1.54, 1.807) is 19.2 Å². The molecule has 8 heteroatoms. The third-order valence-electron chi connectivity index (χ3n) is 7.25.